The number of hydrogen-bond donors (Lipinski definition) is 6. The third kappa shape index (κ3) is 5.18. The quantitative estimate of drug-likeness (QED) is 0.325. The lowest BCUT2D eigenvalue weighted by Crippen LogP contribution is -2.25. The molecule has 122 valence electrons. The molecule has 0 aliphatic rings. The van der Waals surface area contributed by atoms with Crippen LogP contribution in [0, 0.1) is 0 Å². The fourth-order valence-electron chi connectivity index (χ4n) is 1.21. The van der Waals surface area contributed by atoms with Gasteiger partial charge in [-0.1, -0.05) is 12.1 Å². The minimum absolute atomic E-state index is 0.215. The molecule has 0 bridgehead atoms. The number of nitrogens with two attached hydrogens (primary N) is 1. The molecule has 9 nitrogen and oxygen atoms in total. The molecule has 11 heteroatoms. The summed E-state index contributed by atoms with van der Waals surface area (Å²) in [4.78, 5) is 37.7. The molecule has 0 unspecified atom stereocenters. The lowest BCUT2D eigenvalue weighted by atomic mass is 10.2. The van der Waals surface area contributed by atoms with Gasteiger partial charge in [0.05, 0.1) is 0 Å². The molecule has 0 fully saturated rings. The van der Waals surface area contributed by atoms with Crippen molar-refractivity contribution in [3.8, 4) is 0 Å². The highest BCUT2D eigenvalue weighted by molar-refractivity contribution is 7.71. The van der Waals surface area contributed by atoms with Crippen LogP contribution >= 0.6 is 15.2 Å². The van der Waals surface area contributed by atoms with E-state index in [1.165, 1.54) is 0 Å². The maximum Gasteiger partial charge on any atom is 0.374 e. The Morgan fingerprint density at radius 2 is 1.24 bits per heavy atom. The SMILES string of the molecule is CN(C)C.Nc1ccc(C(O)(P(=O)(O)O)P(=O)(O)O)cc1. The number of nitrogens with zero attached hydrogens (tertiary/aromatic N) is 1. The minimum Gasteiger partial charge on any atom is -0.399 e. The van der Waals surface area contributed by atoms with Crippen LogP contribution in [0.15, 0.2) is 24.3 Å². The van der Waals surface area contributed by atoms with Crippen LogP contribution in [0.3, 0.4) is 0 Å². The Bertz CT molecular complexity index is 524. The monoisotopic (exact) mass is 342 g/mol. The summed E-state index contributed by atoms with van der Waals surface area (Å²) >= 11 is 0. The number of rotatable bonds is 3. The Hall–Kier alpha value is -0.760. The summed E-state index contributed by atoms with van der Waals surface area (Å²) in [5.41, 5.74) is 4.93. The third-order valence-electron chi connectivity index (χ3n) is 2.11. The van der Waals surface area contributed by atoms with Gasteiger partial charge in [-0.25, -0.2) is 0 Å². The van der Waals surface area contributed by atoms with Gasteiger partial charge in [-0.05, 0) is 33.3 Å². The third-order valence-corrected chi connectivity index (χ3v) is 5.81. The van der Waals surface area contributed by atoms with Gasteiger partial charge >= 0.3 is 15.2 Å². The first-order valence-electron chi connectivity index (χ1n) is 5.54. The normalized spacial score (nSPS) is 12.8. The Balaban J connectivity index is 0.000000885. The van der Waals surface area contributed by atoms with Crippen LogP contribution < -0.4 is 5.73 Å². The van der Waals surface area contributed by atoms with Crippen molar-refractivity contribution >= 4 is 20.9 Å². The first kappa shape index (κ1) is 20.2. The lowest BCUT2D eigenvalue weighted by molar-refractivity contribution is 0.131. The van der Waals surface area contributed by atoms with Gasteiger partial charge < -0.3 is 35.3 Å². The second-order valence-electron chi connectivity index (χ2n) is 4.69. The predicted octanol–water partition coefficient (Wildman–Crippen LogP) is -0.0954. The first-order valence-corrected chi connectivity index (χ1v) is 8.76. The Labute approximate surface area is 122 Å². The van der Waals surface area contributed by atoms with Crippen molar-refractivity contribution in [3.63, 3.8) is 0 Å². The molecular weight excluding hydrogens is 322 g/mol. The van der Waals surface area contributed by atoms with Crippen molar-refractivity contribution in [3.05, 3.63) is 29.8 Å². The summed E-state index contributed by atoms with van der Waals surface area (Å²) in [6.07, 6.45) is 0. The van der Waals surface area contributed by atoms with Crippen LogP contribution in [-0.4, -0.2) is 50.7 Å². The van der Waals surface area contributed by atoms with E-state index in [-0.39, 0.29) is 5.69 Å². The Kier molecular flexibility index (Phi) is 6.75. The molecule has 1 aromatic rings. The fourth-order valence-corrected chi connectivity index (χ4v) is 3.54. The lowest BCUT2D eigenvalue weighted by Gasteiger charge is -2.29. The largest absolute Gasteiger partial charge is 0.399 e. The van der Waals surface area contributed by atoms with E-state index < -0.39 is 25.8 Å². The van der Waals surface area contributed by atoms with Crippen molar-refractivity contribution in [2.45, 2.75) is 5.08 Å². The van der Waals surface area contributed by atoms with Gasteiger partial charge in [-0.15, -0.1) is 0 Å². The van der Waals surface area contributed by atoms with Crippen molar-refractivity contribution < 1.29 is 33.8 Å². The van der Waals surface area contributed by atoms with Gasteiger partial charge in [0.1, 0.15) is 0 Å². The molecular formula is C10H20N2O7P2. The van der Waals surface area contributed by atoms with E-state index in [0.717, 1.165) is 24.3 Å². The highest BCUT2D eigenvalue weighted by Gasteiger charge is 2.60. The Morgan fingerprint density at radius 1 is 0.952 bits per heavy atom. The average molecular weight is 342 g/mol. The Morgan fingerprint density at radius 3 is 1.48 bits per heavy atom. The van der Waals surface area contributed by atoms with Crippen LogP contribution in [-0.2, 0) is 14.2 Å². The summed E-state index contributed by atoms with van der Waals surface area (Å²) < 4.78 is 22.2. The molecule has 0 spiro atoms. The van der Waals surface area contributed by atoms with Gasteiger partial charge in [0.2, 0.25) is 0 Å². The summed E-state index contributed by atoms with van der Waals surface area (Å²) in [5, 5.41) is 6.12. The van der Waals surface area contributed by atoms with E-state index in [1.807, 2.05) is 26.0 Å². The molecule has 0 amide bonds. The zero-order valence-electron chi connectivity index (χ0n) is 11.8. The van der Waals surface area contributed by atoms with Gasteiger partial charge in [0, 0.05) is 11.3 Å². The zero-order chi connectivity index (χ0) is 17.1. The number of hydrogen-bond acceptors (Lipinski definition) is 5. The molecule has 0 saturated carbocycles. The molecule has 0 saturated heterocycles. The van der Waals surface area contributed by atoms with Crippen LogP contribution in [0.2, 0.25) is 0 Å². The van der Waals surface area contributed by atoms with E-state index in [2.05, 4.69) is 0 Å². The molecule has 0 aromatic heterocycles. The fraction of sp³-hybridized carbons (Fsp3) is 0.400. The second kappa shape index (κ2) is 7.00. The van der Waals surface area contributed by atoms with Crippen LogP contribution in [0.4, 0.5) is 5.69 Å². The molecule has 0 atom stereocenters. The second-order valence-corrected chi connectivity index (χ2v) is 8.51. The number of anilines is 1. The molecule has 0 aliphatic heterocycles. The maximum absolute atomic E-state index is 11.1. The van der Waals surface area contributed by atoms with Crippen molar-refractivity contribution in [2.24, 2.45) is 0 Å². The highest BCUT2D eigenvalue weighted by Crippen LogP contribution is 2.72. The maximum atomic E-state index is 11.1. The molecule has 1 aromatic carbocycles. The van der Waals surface area contributed by atoms with Crippen molar-refractivity contribution in [1.82, 2.24) is 4.90 Å². The topological polar surface area (TPSA) is 165 Å². The summed E-state index contributed by atoms with van der Waals surface area (Å²) in [7, 11) is -4.99. The predicted molar refractivity (Wildman–Crippen MR) is 78.5 cm³/mol. The average Bonchev–Trinajstić information content (AvgIpc) is 2.25. The minimum atomic E-state index is -5.49. The molecule has 1 rings (SSSR count). The van der Waals surface area contributed by atoms with E-state index in [0.29, 0.717) is 0 Å². The number of benzene rings is 1. The van der Waals surface area contributed by atoms with Crippen molar-refractivity contribution in [2.75, 3.05) is 26.9 Å². The molecule has 0 heterocycles. The van der Waals surface area contributed by atoms with E-state index in [1.54, 1.807) is 0 Å². The molecule has 21 heavy (non-hydrogen) atoms. The van der Waals surface area contributed by atoms with Crippen molar-refractivity contribution in [1.29, 1.82) is 0 Å². The van der Waals surface area contributed by atoms with E-state index >= 15 is 0 Å². The van der Waals surface area contributed by atoms with Crippen LogP contribution in [0.5, 0.6) is 0 Å². The van der Waals surface area contributed by atoms with E-state index in [4.69, 9.17) is 25.3 Å². The number of nitrogen functional groups attached to an aromatic ring is 1. The smallest absolute Gasteiger partial charge is 0.374 e. The first-order chi connectivity index (χ1) is 9.23. The summed E-state index contributed by atoms with van der Waals surface area (Å²) in [6, 6.07) is 4.19. The molecule has 0 aliphatic carbocycles. The van der Waals surface area contributed by atoms with Gasteiger partial charge in [0.25, 0.3) is 5.08 Å². The standard InChI is InChI=1S/C7H11NO7P2.C3H9N/c8-6-3-1-5(2-4-6)7(9,16(10,11)12)17(13,14)15;1-4(2)3/h1-4,9H,8H2,(H2,10,11,12)(H2,13,14,15);1-3H3. The van der Waals surface area contributed by atoms with Gasteiger partial charge in [0.15, 0.2) is 0 Å². The van der Waals surface area contributed by atoms with E-state index in [9.17, 15) is 14.2 Å². The summed E-state index contributed by atoms with van der Waals surface area (Å²) in [5.74, 6) is 0. The summed E-state index contributed by atoms with van der Waals surface area (Å²) in [6.45, 7) is 0. The zero-order valence-corrected chi connectivity index (χ0v) is 13.6. The van der Waals surface area contributed by atoms with Gasteiger partial charge in [-0.2, -0.15) is 0 Å². The highest BCUT2D eigenvalue weighted by atomic mass is 31.2. The molecule has 7 N–H and O–H groups in total. The number of aliphatic hydroxyl groups is 1. The molecule has 0 radical (unpaired) electrons. The van der Waals surface area contributed by atoms with Gasteiger partial charge in [-0.3, -0.25) is 9.13 Å². The van der Waals surface area contributed by atoms with Crippen LogP contribution in [0.25, 0.3) is 0 Å². The van der Waals surface area contributed by atoms with Crippen LogP contribution in [0.1, 0.15) is 5.56 Å².